The van der Waals surface area contributed by atoms with Crippen molar-refractivity contribution in [1.82, 2.24) is 24.6 Å². The molecule has 34 heavy (non-hydrogen) atoms. The van der Waals surface area contributed by atoms with Crippen LogP contribution in [0.5, 0.6) is 0 Å². The number of fused-ring (bicyclic) bond motifs is 4. The summed E-state index contributed by atoms with van der Waals surface area (Å²) in [6.07, 6.45) is 0.614. The molecule has 5 rings (SSSR count). The van der Waals surface area contributed by atoms with Crippen molar-refractivity contribution < 1.29 is 22.4 Å². The number of alkyl halides is 3. The molecule has 0 N–H and O–H groups in total. The van der Waals surface area contributed by atoms with Crippen LogP contribution in [-0.4, -0.2) is 36.6 Å². The molecule has 0 saturated carbocycles. The van der Waals surface area contributed by atoms with E-state index in [1.807, 2.05) is 20.2 Å². The van der Waals surface area contributed by atoms with Crippen LogP contribution in [0.2, 0.25) is 0 Å². The number of carbonyl (C=O) groups is 1. The van der Waals surface area contributed by atoms with E-state index in [1.54, 1.807) is 22.7 Å². The molecule has 1 aromatic carbocycles. The Hall–Kier alpha value is -3.30. The van der Waals surface area contributed by atoms with Crippen molar-refractivity contribution in [2.45, 2.75) is 51.4 Å². The van der Waals surface area contributed by atoms with Crippen molar-refractivity contribution in [3.63, 3.8) is 0 Å². The third kappa shape index (κ3) is 3.56. The summed E-state index contributed by atoms with van der Waals surface area (Å²) in [4.78, 5) is 24.5. The Labute approximate surface area is 193 Å². The maximum atomic E-state index is 14.9. The Balaban J connectivity index is 1.63. The fraction of sp³-hybridized carbons (Fsp3) is 0.417. The molecule has 0 unspecified atom stereocenters. The molecule has 3 atom stereocenters. The molecular formula is C24H23F4N5O. The summed E-state index contributed by atoms with van der Waals surface area (Å²) >= 11 is 0. The van der Waals surface area contributed by atoms with Gasteiger partial charge in [0.15, 0.2) is 0 Å². The van der Waals surface area contributed by atoms with Crippen molar-refractivity contribution in [2.24, 2.45) is 13.0 Å². The van der Waals surface area contributed by atoms with E-state index < -0.39 is 35.1 Å². The van der Waals surface area contributed by atoms with Crippen LogP contribution >= 0.6 is 0 Å². The monoisotopic (exact) mass is 473 g/mol. The fourth-order valence-electron chi connectivity index (χ4n) is 5.28. The van der Waals surface area contributed by atoms with Gasteiger partial charge in [-0.25, -0.2) is 14.4 Å². The first-order valence-corrected chi connectivity index (χ1v) is 11.1. The van der Waals surface area contributed by atoms with Gasteiger partial charge in [-0.2, -0.15) is 18.3 Å². The largest absolute Gasteiger partial charge is 0.419 e. The van der Waals surface area contributed by atoms with Gasteiger partial charge in [0.1, 0.15) is 11.6 Å². The Bertz CT molecular complexity index is 1280. The van der Waals surface area contributed by atoms with Crippen LogP contribution in [-0.2, 0) is 19.6 Å². The number of carbonyl (C=O) groups excluding carboxylic acids is 1. The highest BCUT2D eigenvalue weighted by Gasteiger charge is 2.47. The minimum Gasteiger partial charge on any atom is -0.326 e. The van der Waals surface area contributed by atoms with Crippen LogP contribution in [0, 0.1) is 18.7 Å². The first kappa shape index (κ1) is 22.5. The lowest BCUT2D eigenvalue weighted by Gasteiger charge is -2.49. The molecule has 4 heterocycles. The molecule has 1 saturated heterocycles. The molecule has 10 heteroatoms. The molecule has 3 aromatic rings. The predicted octanol–water partition coefficient (Wildman–Crippen LogP) is 4.88. The van der Waals surface area contributed by atoms with E-state index in [9.17, 15) is 22.4 Å². The van der Waals surface area contributed by atoms with Crippen molar-refractivity contribution >= 4 is 5.91 Å². The zero-order chi connectivity index (χ0) is 24.4. The summed E-state index contributed by atoms with van der Waals surface area (Å²) in [6.45, 7) is 3.75. The normalized spacial score (nSPS) is 22.0. The lowest BCUT2D eigenvalue weighted by molar-refractivity contribution is -0.140. The summed E-state index contributed by atoms with van der Waals surface area (Å²) in [6, 6.07) is 2.06. The molecule has 2 aromatic heterocycles. The lowest BCUT2D eigenvalue weighted by Crippen LogP contribution is -2.53. The topological polar surface area (TPSA) is 63.9 Å². The summed E-state index contributed by atoms with van der Waals surface area (Å²) in [5.74, 6) is -1.77. The highest BCUT2D eigenvalue weighted by atomic mass is 19.4. The number of hydrogen-bond acceptors (Lipinski definition) is 4. The number of benzene rings is 1. The van der Waals surface area contributed by atoms with Crippen LogP contribution in [0.15, 0.2) is 30.6 Å². The second-order valence-corrected chi connectivity index (χ2v) is 9.12. The molecule has 1 fully saturated rings. The SMILES string of the molecule is Cc1nc(-c2cnn(C)c2)c2c(n1)[C@H]1[C@H](C)CC[C@@H](C2)N1C(=O)c1cccc(C(F)(F)F)c1F. The number of nitrogens with zero attached hydrogens (tertiary/aromatic N) is 5. The van der Waals surface area contributed by atoms with Gasteiger partial charge >= 0.3 is 6.18 Å². The molecule has 178 valence electrons. The number of piperidine rings is 1. The minimum absolute atomic E-state index is 0.0100. The Morgan fingerprint density at radius 2 is 1.94 bits per heavy atom. The standard InChI is InChI=1S/C24H23F4N5O/c1-12-7-8-15-9-17-20(14-10-29-32(3)11-14)30-13(2)31-21(17)22(12)33(15)23(34)16-5-4-6-18(19(16)25)24(26,27)28/h4-6,10-12,15,22H,7-9H2,1-3H3/t12-,15+,22-/m1/s1. The molecule has 0 radical (unpaired) electrons. The number of rotatable bonds is 2. The van der Waals surface area contributed by atoms with Crippen LogP contribution in [0.25, 0.3) is 11.3 Å². The highest BCUT2D eigenvalue weighted by molar-refractivity contribution is 5.95. The van der Waals surface area contributed by atoms with Gasteiger partial charge in [0.25, 0.3) is 5.91 Å². The second kappa shape index (κ2) is 7.89. The van der Waals surface area contributed by atoms with Crippen molar-refractivity contribution in [3.05, 3.63) is 64.6 Å². The average molecular weight is 473 g/mol. The number of halogens is 4. The van der Waals surface area contributed by atoms with E-state index in [4.69, 9.17) is 0 Å². The zero-order valence-electron chi connectivity index (χ0n) is 18.9. The molecule has 0 aliphatic carbocycles. The van der Waals surface area contributed by atoms with E-state index in [1.165, 1.54) is 0 Å². The van der Waals surface area contributed by atoms with Gasteiger partial charge in [-0.05, 0) is 44.2 Å². The van der Waals surface area contributed by atoms with Crippen molar-refractivity contribution in [2.75, 3.05) is 0 Å². The summed E-state index contributed by atoms with van der Waals surface area (Å²) < 4.78 is 56.4. The van der Waals surface area contributed by atoms with Gasteiger partial charge in [-0.1, -0.05) is 13.0 Å². The van der Waals surface area contributed by atoms with Crippen LogP contribution in [0.4, 0.5) is 17.6 Å². The second-order valence-electron chi connectivity index (χ2n) is 9.12. The molecular weight excluding hydrogens is 450 g/mol. The van der Waals surface area contributed by atoms with Gasteiger partial charge in [0, 0.05) is 30.4 Å². The number of aryl methyl sites for hydroxylation is 2. The van der Waals surface area contributed by atoms with E-state index in [-0.39, 0.29) is 12.0 Å². The maximum absolute atomic E-state index is 14.9. The first-order valence-electron chi connectivity index (χ1n) is 11.1. The quantitative estimate of drug-likeness (QED) is 0.498. The summed E-state index contributed by atoms with van der Waals surface area (Å²) in [5, 5.41) is 4.24. The number of amides is 1. The predicted molar refractivity (Wildman–Crippen MR) is 115 cm³/mol. The molecule has 1 amide bonds. The molecule has 2 aliphatic heterocycles. The molecule has 2 bridgehead atoms. The lowest BCUT2D eigenvalue weighted by atomic mass is 9.76. The molecule has 0 spiro atoms. The van der Waals surface area contributed by atoms with E-state index in [2.05, 4.69) is 15.1 Å². The van der Waals surface area contributed by atoms with E-state index in [0.717, 1.165) is 35.4 Å². The average Bonchev–Trinajstić information content (AvgIpc) is 3.20. The number of hydrogen-bond donors (Lipinski definition) is 0. The minimum atomic E-state index is -4.89. The van der Waals surface area contributed by atoms with Crippen molar-refractivity contribution in [1.29, 1.82) is 0 Å². The Kier molecular flexibility index (Phi) is 5.22. The third-order valence-electron chi connectivity index (χ3n) is 6.81. The Morgan fingerprint density at radius 1 is 1.18 bits per heavy atom. The zero-order valence-corrected chi connectivity index (χ0v) is 18.9. The van der Waals surface area contributed by atoms with Crippen LogP contribution in [0.1, 0.15) is 58.8 Å². The van der Waals surface area contributed by atoms with Gasteiger partial charge in [-0.15, -0.1) is 0 Å². The summed E-state index contributed by atoms with van der Waals surface area (Å²) in [7, 11) is 1.81. The van der Waals surface area contributed by atoms with Gasteiger partial charge in [0.2, 0.25) is 0 Å². The van der Waals surface area contributed by atoms with E-state index in [0.29, 0.717) is 30.4 Å². The van der Waals surface area contributed by atoms with E-state index >= 15 is 0 Å². The van der Waals surface area contributed by atoms with Gasteiger partial charge < -0.3 is 4.90 Å². The fourth-order valence-corrected chi connectivity index (χ4v) is 5.28. The molecule has 6 nitrogen and oxygen atoms in total. The highest BCUT2D eigenvalue weighted by Crippen LogP contribution is 2.47. The summed E-state index contributed by atoms with van der Waals surface area (Å²) in [5.41, 5.74) is 1.16. The number of aromatic nitrogens is 4. The van der Waals surface area contributed by atoms with Crippen LogP contribution in [0.3, 0.4) is 0 Å². The van der Waals surface area contributed by atoms with Crippen LogP contribution < -0.4 is 0 Å². The third-order valence-corrected chi connectivity index (χ3v) is 6.81. The molecule has 2 aliphatic rings. The van der Waals surface area contributed by atoms with Crippen molar-refractivity contribution in [3.8, 4) is 11.3 Å². The first-order chi connectivity index (χ1) is 16.1. The van der Waals surface area contributed by atoms with Gasteiger partial charge in [0.05, 0.1) is 34.8 Å². The maximum Gasteiger partial charge on any atom is 0.419 e. The Morgan fingerprint density at radius 3 is 2.62 bits per heavy atom. The van der Waals surface area contributed by atoms with Gasteiger partial charge in [-0.3, -0.25) is 9.48 Å². The smallest absolute Gasteiger partial charge is 0.326 e.